The average molecular weight is 325 g/mol. The first-order valence-corrected chi connectivity index (χ1v) is 7.64. The van der Waals surface area contributed by atoms with Gasteiger partial charge < -0.3 is 19.5 Å². The van der Waals surface area contributed by atoms with Crippen LogP contribution in [0.5, 0.6) is 17.2 Å². The molecule has 0 aromatic heterocycles. The predicted octanol–water partition coefficient (Wildman–Crippen LogP) is 2.92. The molecule has 0 saturated carbocycles. The van der Waals surface area contributed by atoms with Crippen molar-refractivity contribution < 1.29 is 19.4 Å². The molecule has 0 atom stereocenters. The Morgan fingerprint density at radius 2 is 1.96 bits per heavy atom. The summed E-state index contributed by atoms with van der Waals surface area (Å²) in [7, 11) is 3.14. The fourth-order valence-electron chi connectivity index (χ4n) is 2.89. The first-order chi connectivity index (χ1) is 11.7. The van der Waals surface area contributed by atoms with Gasteiger partial charge in [0.15, 0.2) is 11.5 Å². The first kappa shape index (κ1) is 15.9. The molecule has 0 saturated heterocycles. The number of phenols is 1. The standard InChI is InChI=1S/C19H19NO4/c1-23-15-4-5-16-14(11-15)7-8-20(12-21)17(16)9-13-3-6-19(24-2)18(22)10-13/h3-6,9-12,22H,7-8H2,1-2H3/b17-9-. The number of rotatable bonds is 4. The van der Waals surface area contributed by atoms with Crippen LogP contribution in [0.4, 0.5) is 0 Å². The van der Waals surface area contributed by atoms with Crippen LogP contribution < -0.4 is 9.47 Å². The Morgan fingerprint density at radius 1 is 1.12 bits per heavy atom. The third-order valence-corrected chi connectivity index (χ3v) is 4.15. The number of benzene rings is 2. The molecule has 5 heteroatoms. The molecular weight excluding hydrogens is 306 g/mol. The molecule has 0 fully saturated rings. The number of methoxy groups -OCH3 is 2. The highest BCUT2D eigenvalue weighted by Crippen LogP contribution is 2.33. The molecule has 1 aliphatic heterocycles. The SMILES string of the molecule is COc1ccc2c(c1)CCN(C=O)/C2=C\c1ccc(OC)c(O)c1. The topological polar surface area (TPSA) is 59.0 Å². The van der Waals surface area contributed by atoms with E-state index in [1.165, 1.54) is 7.11 Å². The highest BCUT2D eigenvalue weighted by Gasteiger charge is 2.21. The molecule has 2 aromatic rings. The summed E-state index contributed by atoms with van der Waals surface area (Å²) < 4.78 is 10.3. The van der Waals surface area contributed by atoms with Crippen molar-refractivity contribution in [3.05, 3.63) is 53.1 Å². The second-order valence-electron chi connectivity index (χ2n) is 5.53. The fourth-order valence-corrected chi connectivity index (χ4v) is 2.89. The lowest BCUT2D eigenvalue weighted by atomic mass is 9.95. The second kappa shape index (κ2) is 6.66. The summed E-state index contributed by atoms with van der Waals surface area (Å²) in [5.74, 6) is 1.28. The summed E-state index contributed by atoms with van der Waals surface area (Å²) in [6.45, 7) is 0.609. The van der Waals surface area contributed by atoms with Crippen molar-refractivity contribution in [2.75, 3.05) is 20.8 Å². The molecule has 1 N–H and O–H groups in total. The van der Waals surface area contributed by atoms with Gasteiger partial charge >= 0.3 is 0 Å². The van der Waals surface area contributed by atoms with Crippen molar-refractivity contribution in [2.24, 2.45) is 0 Å². The summed E-state index contributed by atoms with van der Waals surface area (Å²) in [5, 5.41) is 9.95. The van der Waals surface area contributed by atoms with E-state index in [2.05, 4.69) is 0 Å². The lowest BCUT2D eigenvalue weighted by molar-refractivity contribution is -0.115. The maximum atomic E-state index is 11.5. The van der Waals surface area contributed by atoms with E-state index in [1.807, 2.05) is 30.3 Å². The van der Waals surface area contributed by atoms with Gasteiger partial charge in [-0.2, -0.15) is 0 Å². The number of ether oxygens (including phenoxy) is 2. The lowest BCUT2D eigenvalue weighted by Gasteiger charge is -2.29. The van der Waals surface area contributed by atoms with Gasteiger partial charge in [0.25, 0.3) is 0 Å². The molecule has 0 unspecified atom stereocenters. The maximum Gasteiger partial charge on any atom is 0.214 e. The average Bonchev–Trinajstić information content (AvgIpc) is 2.61. The number of carbonyl (C=O) groups excluding carboxylic acids is 1. The second-order valence-corrected chi connectivity index (χ2v) is 5.53. The van der Waals surface area contributed by atoms with Crippen LogP contribution in [0.3, 0.4) is 0 Å². The Morgan fingerprint density at radius 3 is 2.62 bits per heavy atom. The Hall–Kier alpha value is -2.95. The molecule has 0 bridgehead atoms. The number of hydrogen-bond acceptors (Lipinski definition) is 4. The van der Waals surface area contributed by atoms with Crippen LogP contribution in [-0.4, -0.2) is 37.2 Å². The Labute approximate surface area is 140 Å². The first-order valence-electron chi connectivity index (χ1n) is 7.64. The molecule has 3 rings (SSSR count). The lowest BCUT2D eigenvalue weighted by Crippen LogP contribution is -2.28. The smallest absolute Gasteiger partial charge is 0.214 e. The van der Waals surface area contributed by atoms with Gasteiger partial charge in [0, 0.05) is 12.1 Å². The zero-order valence-electron chi connectivity index (χ0n) is 13.7. The van der Waals surface area contributed by atoms with E-state index in [4.69, 9.17) is 9.47 Å². The number of phenolic OH excluding ortho intramolecular Hbond substituents is 1. The molecule has 0 radical (unpaired) electrons. The van der Waals surface area contributed by atoms with Gasteiger partial charge in [-0.25, -0.2) is 0 Å². The summed E-state index contributed by atoms with van der Waals surface area (Å²) in [6, 6.07) is 11.0. The van der Waals surface area contributed by atoms with Crippen LogP contribution in [-0.2, 0) is 11.2 Å². The highest BCUT2D eigenvalue weighted by atomic mass is 16.5. The van der Waals surface area contributed by atoms with Gasteiger partial charge in [0.1, 0.15) is 5.75 Å². The number of fused-ring (bicyclic) bond motifs is 1. The number of nitrogens with zero attached hydrogens (tertiary/aromatic N) is 1. The zero-order chi connectivity index (χ0) is 17.1. The van der Waals surface area contributed by atoms with E-state index in [0.29, 0.717) is 12.3 Å². The van der Waals surface area contributed by atoms with Crippen molar-refractivity contribution in [1.82, 2.24) is 4.90 Å². The normalized spacial score (nSPS) is 15.1. The summed E-state index contributed by atoms with van der Waals surface area (Å²) in [5.41, 5.74) is 3.72. The largest absolute Gasteiger partial charge is 0.504 e. The number of aromatic hydroxyl groups is 1. The summed E-state index contributed by atoms with van der Waals surface area (Å²) >= 11 is 0. The Kier molecular flexibility index (Phi) is 4.42. The Bertz CT molecular complexity index is 798. The van der Waals surface area contributed by atoms with Gasteiger partial charge in [0.05, 0.1) is 19.9 Å². The van der Waals surface area contributed by atoms with E-state index in [-0.39, 0.29) is 5.75 Å². The van der Waals surface area contributed by atoms with Crippen LogP contribution in [0.2, 0.25) is 0 Å². The maximum absolute atomic E-state index is 11.5. The van der Waals surface area contributed by atoms with E-state index in [0.717, 1.165) is 41.0 Å². The molecule has 0 aliphatic carbocycles. The number of amides is 1. The van der Waals surface area contributed by atoms with Crippen LogP contribution in [0.15, 0.2) is 36.4 Å². The van der Waals surface area contributed by atoms with Crippen LogP contribution in [0.25, 0.3) is 11.8 Å². The number of hydrogen-bond donors (Lipinski definition) is 1. The van der Waals surface area contributed by atoms with Crippen molar-refractivity contribution in [3.8, 4) is 17.2 Å². The molecule has 1 amide bonds. The minimum absolute atomic E-state index is 0.0651. The minimum Gasteiger partial charge on any atom is -0.504 e. The Balaban J connectivity index is 2.07. The summed E-state index contributed by atoms with van der Waals surface area (Å²) in [4.78, 5) is 13.1. The van der Waals surface area contributed by atoms with E-state index >= 15 is 0 Å². The van der Waals surface area contributed by atoms with Gasteiger partial charge in [-0.15, -0.1) is 0 Å². The quantitative estimate of drug-likeness (QED) is 0.878. The molecule has 0 spiro atoms. The third-order valence-electron chi connectivity index (χ3n) is 4.15. The molecule has 124 valence electrons. The minimum atomic E-state index is 0.0651. The molecule has 5 nitrogen and oxygen atoms in total. The van der Waals surface area contributed by atoms with Crippen molar-refractivity contribution in [3.63, 3.8) is 0 Å². The van der Waals surface area contributed by atoms with E-state index in [1.54, 1.807) is 24.1 Å². The fraction of sp³-hybridized carbons (Fsp3) is 0.211. The van der Waals surface area contributed by atoms with Gasteiger partial charge in [-0.05, 0) is 54.0 Å². The van der Waals surface area contributed by atoms with Crippen LogP contribution >= 0.6 is 0 Å². The van der Waals surface area contributed by atoms with Crippen molar-refractivity contribution in [2.45, 2.75) is 6.42 Å². The molecule has 1 heterocycles. The van der Waals surface area contributed by atoms with Gasteiger partial charge in [-0.1, -0.05) is 6.07 Å². The highest BCUT2D eigenvalue weighted by molar-refractivity contribution is 5.88. The summed E-state index contributed by atoms with van der Waals surface area (Å²) in [6.07, 6.45) is 3.50. The van der Waals surface area contributed by atoms with Gasteiger partial charge in [-0.3, -0.25) is 4.79 Å². The predicted molar refractivity (Wildman–Crippen MR) is 92.0 cm³/mol. The molecule has 24 heavy (non-hydrogen) atoms. The number of carbonyl (C=O) groups is 1. The van der Waals surface area contributed by atoms with Gasteiger partial charge in [0.2, 0.25) is 6.41 Å². The monoisotopic (exact) mass is 325 g/mol. The van der Waals surface area contributed by atoms with Crippen molar-refractivity contribution >= 4 is 18.2 Å². The molecule has 2 aromatic carbocycles. The molecule has 1 aliphatic rings. The van der Waals surface area contributed by atoms with Crippen molar-refractivity contribution in [1.29, 1.82) is 0 Å². The third kappa shape index (κ3) is 2.93. The van der Waals surface area contributed by atoms with E-state index < -0.39 is 0 Å². The molecular formula is C19H19NO4. The van der Waals surface area contributed by atoms with Crippen LogP contribution in [0, 0.1) is 0 Å². The van der Waals surface area contributed by atoms with E-state index in [9.17, 15) is 9.90 Å². The zero-order valence-corrected chi connectivity index (χ0v) is 13.7. The van der Waals surface area contributed by atoms with Crippen LogP contribution in [0.1, 0.15) is 16.7 Å².